The molecule has 0 saturated heterocycles. The fourth-order valence-electron chi connectivity index (χ4n) is 2.99. The number of hydrogen-bond donors (Lipinski definition) is 2. The lowest BCUT2D eigenvalue weighted by atomic mass is 9.83. The highest BCUT2D eigenvalue weighted by atomic mass is 32.2. The largest absolute Gasteiger partial charge is 0.332 e. The van der Waals surface area contributed by atoms with Crippen molar-refractivity contribution in [2.45, 2.75) is 90.0 Å². The van der Waals surface area contributed by atoms with Crippen LogP contribution in [0.5, 0.6) is 0 Å². The molecule has 1 saturated carbocycles. The lowest BCUT2D eigenvalue weighted by Crippen LogP contribution is -2.60. The number of hydrogen-bond acceptors (Lipinski definition) is 4. The van der Waals surface area contributed by atoms with Crippen LogP contribution in [-0.4, -0.2) is 42.8 Å². The molecule has 25 heavy (non-hydrogen) atoms. The first-order valence-corrected chi connectivity index (χ1v) is 10.6. The molecule has 0 aromatic heterocycles. The molecule has 7 heteroatoms. The van der Waals surface area contributed by atoms with E-state index in [9.17, 15) is 18.0 Å². The van der Waals surface area contributed by atoms with E-state index in [0.717, 1.165) is 25.5 Å². The van der Waals surface area contributed by atoms with Crippen LogP contribution in [0.2, 0.25) is 0 Å². The Hall–Kier alpha value is -1.11. The Morgan fingerprint density at radius 1 is 1.08 bits per heavy atom. The Morgan fingerprint density at radius 2 is 1.60 bits per heavy atom. The van der Waals surface area contributed by atoms with Gasteiger partial charge in [-0.1, -0.05) is 40.0 Å². The van der Waals surface area contributed by atoms with Crippen LogP contribution in [-0.2, 0) is 14.6 Å². The fourth-order valence-corrected chi connectivity index (χ4v) is 4.51. The summed E-state index contributed by atoms with van der Waals surface area (Å²) in [6.45, 7) is 10.6. The van der Waals surface area contributed by atoms with Gasteiger partial charge in [0.15, 0.2) is 9.84 Å². The van der Waals surface area contributed by atoms with Gasteiger partial charge in [0, 0.05) is 0 Å². The van der Waals surface area contributed by atoms with Crippen molar-refractivity contribution in [3.05, 3.63) is 0 Å². The van der Waals surface area contributed by atoms with Crippen molar-refractivity contribution in [1.82, 2.24) is 10.6 Å². The summed E-state index contributed by atoms with van der Waals surface area (Å²) < 4.78 is 24.6. The van der Waals surface area contributed by atoms with Crippen molar-refractivity contribution in [2.24, 2.45) is 5.41 Å². The number of sulfone groups is 1. The van der Waals surface area contributed by atoms with Crippen molar-refractivity contribution in [2.75, 3.05) is 5.75 Å². The van der Waals surface area contributed by atoms with Gasteiger partial charge < -0.3 is 15.4 Å². The smallest absolute Gasteiger partial charge is 0.315 e. The average molecular weight is 375 g/mol. The molecule has 1 atom stereocenters. The molecule has 0 aliphatic heterocycles. The van der Waals surface area contributed by atoms with Crippen LogP contribution in [0.25, 0.3) is 0 Å². The predicted octanol–water partition coefficient (Wildman–Crippen LogP) is 2.82. The Labute approximate surface area is 152 Å². The third-order valence-electron chi connectivity index (χ3n) is 4.94. The summed E-state index contributed by atoms with van der Waals surface area (Å²) in [5, 5.41) is 5.60. The molecule has 6 nitrogen and oxygen atoms in total. The minimum atomic E-state index is -3.38. The van der Waals surface area contributed by atoms with Gasteiger partial charge in [0.1, 0.15) is 6.29 Å². The molecule has 0 aromatic carbocycles. The van der Waals surface area contributed by atoms with Crippen molar-refractivity contribution in [3.63, 3.8) is 0 Å². The zero-order valence-electron chi connectivity index (χ0n) is 16.4. The van der Waals surface area contributed by atoms with Crippen LogP contribution >= 0.6 is 0 Å². The third kappa shape index (κ3) is 5.97. The number of carbonyl (C=O) groups excluding carboxylic acids is 2. The molecule has 1 rings (SSSR count). The van der Waals surface area contributed by atoms with E-state index in [2.05, 4.69) is 10.6 Å². The molecule has 0 radical (unpaired) electrons. The van der Waals surface area contributed by atoms with E-state index >= 15 is 0 Å². The molecule has 1 aliphatic carbocycles. The highest BCUT2D eigenvalue weighted by Gasteiger charge is 2.42. The topological polar surface area (TPSA) is 92.3 Å². The minimum Gasteiger partial charge on any atom is -0.332 e. The molecule has 0 heterocycles. The number of rotatable bonds is 5. The second kappa shape index (κ2) is 7.64. The molecule has 2 amide bonds. The first-order valence-electron chi connectivity index (χ1n) is 8.99. The van der Waals surface area contributed by atoms with Gasteiger partial charge in [-0.05, 0) is 39.0 Å². The van der Waals surface area contributed by atoms with E-state index in [1.807, 2.05) is 20.8 Å². The summed E-state index contributed by atoms with van der Waals surface area (Å²) in [6.07, 6.45) is 4.80. The van der Waals surface area contributed by atoms with Gasteiger partial charge >= 0.3 is 6.03 Å². The highest BCUT2D eigenvalue weighted by molar-refractivity contribution is 7.92. The molecule has 1 fully saturated rings. The van der Waals surface area contributed by atoms with E-state index in [4.69, 9.17) is 0 Å². The van der Waals surface area contributed by atoms with Crippen LogP contribution < -0.4 is 10.6 Å². The minimum absolute atomic E-state index is 0.0712. The van der Waals surface area contributed by atoms with Crippen LogP contribution in [0.15, 0.2) is 0 Å². The van der Waals surface area contributed by atoms with Crippen LogP contribution in [0.1, 0.15) is 73.6 Å². The lowest BCUT2D eigenvalue weighted by molar-refractivity contribution is -0.111. The van der Waals surface area contributed by atoms with Gasteiger partial charge in [0.05, 0.1) is 22.1 Å². The average Bonchev–Trinajstić information content (AvgIpc) is 2.42. The monoisotopic (exact) mass is 374 g/mol. The fraction of sp³-hybridized carbons (Fsp3) is 0.889. The standard InChI is InChI=1S/C18H34N2O4S/c1-16(2,3)14(12-21)19-15(22)20-18(10-8-7-9-11-18)13-25(23,24)17(4,5)6/h12,14H,7-11,13H2,1-6H3,(H2,19,20,22)/t14-/m1/s1. The molecule has 146 valence electrons. The van der Waals surface area contributed by atoms with Crippen LogP contribution in [0.4, 0.5) is 4.79 Å². The molecular formula is C18H34N2O4S. The molecule has 0 spiro atoms. The second-order valence-electron chi connectivity index (χ2n) is 9.29. The summed E-state index contributed by atoms with van der Waals surface area (Å²) in [7, 11) is -3.38. The zero-order valence-corrected chi connectivity index (χ0v) is 17.3. The molecule has 0 unspecified atom stereocenters. The molecule has 1 aliphatic rings. The van der Waals surface area contributed by atoms with Crippen molar-refractivity contribution >= 4 is 22.2 Å². The summed E-state index contributed by atoms with van der Waals surface area (Å²) in [4.78, 5) is 23.8. The lowest BCUT2D eigenvalue weighted by Gasteiger charge is -2.40. The molecular weight excluding hydrogens is 340 g/mol. The van der Waals surface area contributed by atoms with Crippen molar-refractivity contribution in [1.29, 1.82) is 0 Å². The predicted molar refractivity (Wildman–Crippen MR) is 100 cm³/mol. The number of urea groups is 1. The number of carbonyl (C=O) groups is 2. The van der Waals surface area contributed by atoms with E-state index < -0.39 is 37.6 Å². The van der Waals surface area contributed by atoms with Gasteiger partial charge in [-0.2, -0.15) is 0 Å². The quantitative estimate of drug-likeness (QED) is 0.724. The summed E-state index contributed by atoms with van der Waals surface area (Å²) >= 11 is 0. The zero-order chi connectivity index (χ0) is 19.5. The van der Waals surface area contributed by atoms with Gasteiger partial charge in [-0.25, -0.2) is 13.2 Å². The van der Waals surface area contributed by atoms with Gasteiger partial charge in [-0.15, -0.1) is 0 Å². The Morgan fingerprint density at radius 3 is 2.00 bits per heavy atom. The summed E-state index contributed by atoms with van der Waals surface area (Å²) in [5.74, 6) is -0.0712. The van der Waals surface area contributed by atoms with Gasteiger partial charge in [-0.3, -0.25) is 0 Å². The van der Waals surface area contributed by atoms with Crippen LogP contribution in [0, 0.1) is 5.41 Å². The van der Waals surface area contributed by atoms with E-state index in [0.29, 0.717) is 12.8 Å². The molecule has 0 bridgehead atoms. The van der Waals surface area contributed by atoms with Gasteiger partial charge in [0.25, 0.3) is 0 Å². The Bertz CT molecular complexity index is 579. The van der Waals surface area contributed by atoms with Crippen molar-refractivity contribution < 1.29 is 18.0 Å². The SMILES string of the molecule is CC(C)(C)[C@@H](C=O)NC(=O)NC1(CS(=O)(=O)C(C)(C)C)CCCCC1. The first kappa shape index (κ1) is 21.9. The summed E-state index contributed by atoms with van der Waals surface area (Å²) in [5.41, 5.74) is -1.17. The van der Waals surface area contributed by atoms with Crippen LogP contribution in [0.3, 0.4) is 0 Å². The summed E-state index contributed by atoms with van der Waals surface area (Å²) in [6, 6.07) is -1.11. The first-order chi connectivity index (χ1) is 11.2. The van der Waals surface area contributed by atoms with E-state index in [1.165, 1.54) is 0 Å². The van der Waals surface area contributed by atoms with E-state index in [-0.39, 0.29) is 5.75 Å². The molecule has 0 aromatic rings. The maximum absolute atomic E-state index is 12.7. The van der Waals surface area contributed by atoms with E-state index in [1.54, 1.807) is 20.8 Å². The maximum atomic E-state index is 12.7. The van der Waals surface area contributed by atoms with Crippen molar-refractivity contribution in [3.8, 4) is 0 Å². The third-order valence-corrected chi connectivity index (χ3v) is 7.74. The number of aldehydes is 1. The Kier molecular flexibility index (Phi) is 6.70. The maximum Gasteiger partial charge on any atom is 0.315 e. The van der Waals surface area contributed by atoms with Gasteiger partial charge in [0.2, 0.25) is 0 Å². The highest BCUT2D eigenvalue weighted by Crippen LogP contribution is 2.32. The number of nitrogens with one attached hydrogen (secondary N) is 2. The normalized spacial score (nSPS) is 19.8. The number of amides is 2. The molecule has 2 N–H and O–H groups in total. The second-order valence-corrected chi connectivity index (χ2v) is 12.0. The Balaban J connectivity index is 2.96.